The second kappa shape index (κ2) is 8.21. The largest absolute Gasteiger partial charge is 0.427 e. The number of hydrogen-bond donors (Lipinski definition) is 2. The van der Waals surface area contributed by atoms with Crippen LogP contribution >= 0.6 is 0 Å². The molecule has 1 heterocycles. The average Bonchev–Trinajstić information content (AvgIpc) is 2.98. The van der Waals surface area contributed by atoms with E-state index in [0.717, 1.165) is 32.2 Å². The molecule has 4 N–H and O–H groups in total. The van der Waals surface area contributed by atoms with E-state index in [9.17, 15) is 0 Å². The van der Waals surface area contributed by atoms with Gasteiger partial charge in [-0.15, -0.1) is 0 Å². The highest BCUT2D eigenvalue weighted by Gasteiger charge is 2.47. The molecule has 2 fully saturated rings. The predicted molar refractivity (Wildman–Crippen MR) is 92.5 cm³/mol. The SMILES string of the molecule is CO[Si]1(OC)CCCN1CCCC1(CN)CCCC(CN)C1. The Labute approximate surface area is 137 Å². The lowest BCUT2D eigenvalue weighted by Crippen LogP contribution is -2.53. The van der Waals surface area contributed by atoms with E-state index in [-0.39, 0.29) is 0 Å². The van der Waals surface area contributed by atoms with Gasteiger partial charge in [-0.3, -0.25) is 4.57 Å². The van der Waals surface area contributed by atoms with Crippen molar-refractivity contribution in [3.63, 3.8) is 0 Å². The molecule has 0 aromatic heterocycles. The summed E-state index contributed by atoms with van der Waals surface area (Å²) in [6.07, 6.45) is 8.68. The summed E-state index contributed by atoms with van der Waals surface area (Å²) in [6, 6.07) is 1.09. The van der Waals surface area contributed by atoms with Crippen molar-refractivity contribution in [1.82, 2.24) is 4.57 Å². The number of nitrogens with zero attached hydrogens (tertiary/aromatic N) is 1. The van der Waals surface area contributed by atoms with Crippen LogP contribution in [0.1, 0.15) is 44.9 Å². The summed E-state index contributed by atoms with van der Waals surface area (Å²) in [5.41, 5.74) is 12.4. The Morgan fingerprint density at radius 2 is 2.00 bits per heavy atom. The lowest BCUT2D eigenvalue weighted by molar-refractivity contribution is 0.126. The van der Waals surface area contributed by atoms with Crippen LogP contribution in [0.25, 0.3) is 0 Å². The molecule has 0 amide bonds. The standard InChI is InChI=1S/C16H35N3O2Si/c1-20-22(21-2)11-5-10-19(22)9-4-8-16(14-18)7-3-6-15(12-16)13-17/h15H,3-14,17-18H2,1-2H3. The van der Waals surface area contributed by atoms with E-state index in [1.807, 2.05) is 14.2 Å². The number of rotatable bonds is 8. The van der Waals surface area contributed by atoms with E-state index in [1.54, 1.807) is 0 Å². The first-order chi connectivity index (χ1) is 10.6. The Kier molecular flexibility index (Phi) is 6.85. The predicted octanol–water partition coefficient (Wildman–Crippen LogP) is 1.80. The zero-order valence-electron chi connectivity index (χ0n) is 14.5. The van der Waals surface area contributed by atoms with Crippen molar-refractivity contribution in [2.75, 3.05) is 40.4 Å². The molecule has 1 saturated carbocycles. The quantitative estimate of drug-likeness (QED) is 0.664. The minimum atomic E-state index is -2.07. The van der Waals surface area contributed by atoms with Crippen molar-refractivity contribution in [3.8, 4) is 0 Å². The highest BCUT2D eigenvalue weighted by atomic mass is 28.4. The van der Waals surface area contributed by atoms with Gasteiger partial charge in [-0.1, -0.05) is 6.42 Å². The Hall–Kier alpha value is 0.0169. The fraction of sp³-hybridized carbons (Fsp3) is 1.00. The van der Waals surface area contributed by atoms with Gasteiger partial charge in [0.05, 0.1) is 0 Å². The van der Waals surface area contributed by atoms with Crippen molar-refractivity contribution in [3.05, 3.63) is 0 Å². The van der Waals surface area contributed by atoms with Gasteiger partial charge in [-0.2, -0.15) is 0 Å². The van der Waals surface area contributed by atoms with Gasteiger partial charge in [0.2, 0.25) is 0 Å². The number of nitrogens with two attached hydrogens (primary N) is 2. The molecule has 1 aliphatic heterocycles. The average molecular weight is 330 g/mol. The minimum absolute atomic E-state index is 0.326. The van der Waals surface area contributed by atoms with Gasteiger partial charge < -0.3 is 20.3 Å². The van der Waals surface area contributed by atoms with Crippen molar-refractivity contribution >= 4 is 8.72 Å². The smallest absolute Gasteiger partial charge is 0.386 e. The maximum Gasteiger partial charge on any atom is 0.427 e. The van der Waals surface area contributed by atoms with Crippen LogP contribution in [0.2, 0.25) is 6.04 Å². The van der Waals surface area contributed by atoms with Gasteiger partial charge in [0.15, 0.2) is 0 Å². The maximum atomic E-state index is 6.16. The lowest BCUT2D eigenvalue weighted by Gasteiger charge is -2.41. The molecule has 5 nitrogen and oxygen atoms in total. The molecule has 130 valence electrons. The highest BCUT2D eigenvalue weighted by molar-refractivity contribution is 6.65. The van der Waals surface area contributed by atoms with Crippen LogP contribution in [0, 0.1) is 11.3 Å². The topological polar surface area (TPSA) is 73.7 Å². The van der Waals surface area contributed by atoms with Crippen molar-refractivity contribution < 1.29 is 8.85 Å². The van der Waals surface area contributed by atoms with Crippen LogP contribution < -0.4 is 11.5 Å². The summed E-state index contributed by atoms with van der Waals surface area (Å²) in [6.45, 7) is 3.83. The highest BCUT2D eigenvalue weighted by Crippen LogP contribution is 2.42. The molecular formula is C16H35N3O2Si. The van der Waals surface area contributed by atoms with Crippen molar-refractivity contribution in [2.24, 2.45) is 22.8 Å². The van der Waals surface area contributed by atoms with Crippen LogP contribution in [-0.2, 0) is 8.85 Å². The van der Waals surface area contributed by atoms with Crippen LogP contribution in [0.5, 0.6) is 0 Å². The molecule has 0 aromatic rings. The van der Waals surface area contributed by atoms with Gasteiger partial charge in [-0.05, 0) is 76.0 Å². The molecule has 22 heavy (non-hydrogen) atoms. The maximum absolute atomic E-state index is 6.16. The van der Waals surface area contributed by atoms with E-state index in [2.05, 4.69) is 4.57 Å². The van der Waals surface area contributed by atoms with E-state index >= 15 is 0 Å². The zero-order chi connectivity index (χ0) is 16.1. The lowest BCUT2D eigenvalue weighted by atomic mass is 9.67. The Balaban J connectivity index is 1.86. The minimum Gasteiger partial charge on any atom is -0.386 e. The molecule has 0 bridgehead atoms. The summed E-state index contributed by atoms with van der Waals surface area (Å²) in [5, 5.41) is 0. The third-order valence-electron chi connectivity index (χ3n) is 5.98. The fourth-order valence-corrected chi connectivity index (χ4v) is 7.60. The molecule has 2 aliphatic rings. The normalized spacial score (nSPS) is 32.5. The second-order valence-corrected chi connectivity index (χ2v) is 10.6. The van der Waals surface area contributed by atoms with E-state index < -0.39 is 8.72 Å². The molecule has 2 atom stereocenters. The van der Waals surface area contributed by atoms with Gasteiger partial charge in [-0.25, -0.2) is 0 Å². The first-order valence-electron chi connectivity index (χ1n) is 8.89. The molecule has 1 aliphatic carbocycles. The molecule has 2 rings (SSSR count). The van der Waals surface area contributed by atoms with Crippen molar-refractivity contribution in [2.45, 2.75) is 51.0 Å². The van der Waals surface area contributed by atoms with Crippen LogP contribution in [0.4, 0.5) is 0 Å². The third-order valence-corrected chi connectivity index (χ3v) is 9.66. The van der Waals surface area contributed by atoms with Crippen LogP contribution in [-0.4, -0.2) is 53.7 Å². The van der Waals surface area contributed by atoms with E-state index in [4.69, 9.17) is 20.3 Å². The zero-order valence-corrected chi connectivity index (χ0v) is 15.5. The molecule has 0 spiro atoms. The molecule has 0 aromatic carbocycles. The molecule has 0 radical (unpaired) electrons. The van der Waals surface area contributed by atoms with Gasteiger partial charge in [0.25, 0.3) is 0 Å². The summed E-state index contributed by atoms with van der Waals surface area (Å²) < 4.78 is 14.1. The van der Waals surface area contributed by atoms with Crippen molar-refractivity contribution in [1.29, 1.82) is 0 Å². The van der Waals surface area contributed by atoms with Crippen LogP contribution in [0.3, 0.4) is 0 Å². The molecule has 2 unspecified atom stereocenters. The summed E-state index contributed by atoms with van der Waals surface area (Å²) >= 11 is 0. The Morgan fingerprint density at radius 3 is 2.64 bits per heavy atom. The van der Waals surface area contributed by atoms with Gasteiger partial charge >= 0.3 is 8.72 Å². The summed E-state index contributed by atoms with van der Waals surface area (Å²) in [4.78, 5) is 0. The molecular weight excluding hydrogens is 294 g/mol. The first-order valence-corrected chi connectivity index (χ1v) is 10.9. The van der Waals surface area contributed by atoms with Gasteiger partial charge in [0.1, 0.15) is 0 Å². The molecule has 6 heteroatoms. The molecule has 1 saturated heterocycles. The Bertz CT molecular complexity index is 341. The van der Waals surface area contributed by atoms with Crippen LogP contribution in [0.15, 0.2) is 0 Å². The van der Waals surface area contributed by atoms with Gasteiger partial charge in [0, 0.05) is 20.3 Å². The second-order valence-electron chi connectivity index (χ2n) is 7.22. The first kappa shape index (κ1) is 18.4. The van der Waals surface area contributed by atoms with E-state index in [1.165, 1.54) is 44.9 Å². The monoisotopic (exact) mass is 329 g/mol. The fourth-order valence-electron chi connectivity index (χ4n) is 4.59. The van der Waals surface area contributed by atoms with E-state index in [0.29, 0.717) is 11.3 Å². The Morgan fingerprint density at radius 1 is 1.23 bits per heavy atom. The number of hydrogen-bond acceptors (Lipinski definition) is 5. The summed E-state index contributed by atoms with van der Waals surface area (Å²) in [5.74, 6) is 0.676. The third kappa shape index (κ3) is 3.91. The summed E-state index contributed by atoms with van der Waals surface area (Å²) in [7, 11) is 1.55.